The number of amides is 1. The molecule has 5 nitrogen and oxygen atoms in total. The predicted molar refractivity (Wildman–Crippen MR) is 92.0 cm³/mol. The average Bonchev–Trinajstić information content (AvgIpc) is 3.32. The Balaban J connectivity index is 1.65. The van der Waals surface area contributed by atoms with Gasteiger partial charge in [-0.05, 0) is 29.8 Å². The Hall–Kier alpha value is -2.92. The van der Waals surface area contributed by atoms with E-state index in [1.807, 2.05) is 36.4 Å². The maximum absolute atomic E-state index is 12.8. The number of carbonyl (C=O) groups is 1. The largest absolute Gasteiger partial charge is 0.467 e. The van der Waals surface area contributed by atoms with Crippen molar-refractivity contribution in [3.63, 3.8) is 0 Å². The topological polar surface area (TPSA) is 60.7 Å². The Labute approximate surface area is 149 Å². The summed E-state index contributed by atoms with van der Waals surface area (Å²) < 4.78 is 16.1. The molecule has 2 heterocycles. The van der Waals surface area contributed by atoms with Crippen molar-refractivity contribution >= 4 is 17.5 Å². The molecule has 0 bridgehead atoms. The van der Waals surface area contributed by atoms with Gasteiger partial charge in [-0.2, -0.15) is 0 Å². The van der Waals surface area contributed by atoms with Gasteiger partial charge in [-0.3, -0.25) is 4.79 Å². The maximum Gasteiger partial charge on any atom is 0.252 e. The highest BCUT2D eigenvalue weighted by Gasteiger charge is 2.24. The summed E-state index contributed by atoms with van der Waals surface area (Å²) in [5.41, 5.74) is 1.30. The normalized spacial score (nSPS) is 13.5. The van der Waals surface area contributed by atoms with Gasteiger partial charge in [-0.25, -0.2) is 0 Å². The number of ether oxygens (including phenoxy) is 2. The van der Waals surface area contributed by atoms with Crippen LogP contribution in [0.25, 0.3) is 0 Å². The summed E-state index contributed by atoms with van der Waals surface area (Å²) in [6.07, 6.45) is 1.58. The van der Waals surface area contributed by atoms with Gasteiger partial charge in [0.25, 0.3) is 5.91 Å². The number of halogens is 1. The van der Waals surface area contributed by atoms with Crippen molar-refractivity contribution in [3.05, 3.63) is 82.8 Å². The van der Waals surface area contributed by atoms with Crippen LogP contribution in [0.2, 0.25) is 5.02 Å². The van der Waals surface area contributed by atoms with Crippen molar-refractivity contribution in [1.29, 1.82) is 0 Å². The van der Waals surface area contributed by atoms with Gasteiger partial charge in [0.15, 0.2) is 11.5 Å². The van der Waals surface area contributed by atoms with Crippen LogP contribution in [0.5, 0.6) is 11.5 Å². The molecule has 3 aromatic rings. The van der Waals surface area contributed by atoms with Crippen molar-refractivity contribution in [2.45, 2.75) is 6.04 Å². The van der Waals surface area contributed by atoms with Crippen LogP contribution in [0.3, 0.4) is 0 Å². The molecule has 4 rings (SSSR count). The Bertz CT molecular complexity index is 893. The van der Waals surface area contributed by atoms with E-state index < -0.39 is 6.04 Å². The molecular formula is C19H14ClNO4. The lowest BCUT2D eigenvalue weighted by molar-refractivity contribution is 0.0938. The van der Waals surface area contributed by atoms with Gasteiger partial charge in [0.05, 0.1) is 11.3 Å². The lowest BCUT2D eigenvalue weighted by atomic mass is 10.0. The van der Waals surface area contributed by atoms with E-state index in [1.165, 1.54) is 0 Å². The molecule has 1 aliphatic heterocycles. The van der Waals surface area contributed by atoms with Gasteiger partial charge in [0.1, 0.15) is 11.8 Å². The summed E-state index contributed by atoms with van der Waals surface area (Å²) in [5, 5.41) is 3.32. The first kappa shape index (κ1) is 15.6. The molecule has 0 saturated heterocycles. The van der Waals surface area contributed by atoms with Crippen molar-refractivity contribution in [1.82, 2.24) is 5.32 Å². The van der Waals surface area contributed by atoms with E-state index in [9.17, 15) is 4.79 Å². The zero-order valence-corrected chi connectivity index (χ0v) is 13.8. The second-order valence-electron chi connectivity index (χ2n) is 5.52. The minimum Gasteiger partial charge on any atom is -0.467 e. The van der Waals surface area contributed by atoms with Gasteiger partial charge < -0.3 is 19.2 Å². The predicted octanol–water partition coefficient (Wildman–Crippen LogP) is 4.18. The molecule has 1 aliphatic rings. The van der Waals surface area contributed by atoms with Gasteiger partial charge in [-0.1, -0.05) is 41.9 Å². The minimum absolute atomic E-state index is 0.0964. The van der Waals surface area contributed by atoms with Crippen LogP contribution >= 0.6 is 11.6 Å². The Morgan fingerprint density at radius 2 is 1.92 bits per heavy atom. The second kappa shape index (κ2) is 6.53. The molecule has 2 aromatic carbocycles. The molecular weight excluding hydrogens is 342 g/mol. The third-order valence-electron chi connectivity index (χ3n) is 3.93. The standard InChI is InChI=1S/C19H14ClNO4/c20-14-9-13(10-16-18(14)25-11-24-16)19(22)21-17(15-7-4-8-23-15)12-5-2-1-3-6-12/h1-10,17H,11H2,(H,21,22). The fraction of sp³-hybridized carbons (Fsp3) is 0.105. The fourth-order valence-corrected chi connectivity index (χ4v) is 3.00. The zero-order valence-electron chi connectivity index (χ0n) is 13.1. The van der Waals surface area contributed by atoms with Crippen LogP contribution < -0.4 is 14.8 Å². The van der Waals surface area contributed by atoms with Crippen LogP contribution in [-0.4, -0.2) is 12.7 Å². The molecule has 1 atom stereocenters. The van der Waals surface area contributed by atoms with E-state index in [4.69, 9.17) is 25.5 Å². The molecule has 126 valence electrons. The van der Waals surface area contributed by atoms with Crippen molar-refractivity contribution in [2.75, 3.05) is 6.79 Å². The number of benzene rings is 2. The van der Waals surface area contributed by atoms with Crippen LogP contribution in [0.15, 0.2) is 65.3 Å². The number of hydrogen-bond donors (Lipinski definition) is 1. The average molecular weight is 356 g/mol. The van der Waals surface area contributed by atoms with Gasteiger partial charge in [0.2, 0.25) is 6.79 Å². The van der Waals surface area contributed by atoms with Crippen LogP contribution in [0, 0.1) is 0 Å². The second-order valence-corrected chi connectivity index (χ2v) is 5.93. The highest BCUT2D eigenvalue weighted by molar-refractivity contribution is 6.32. The molecule has 0 spiro atoms. The summed E-state index contributed by atoms with van der Waals surface area (Å²) in [6, 6.07) is 16.0. The Kier molecular flexibility index (Phi) is 4.07. The minimum atomic E-state index is -0.409. The molecule has 1 amide bonds. The molecule has 0 radical (unpaired) electrons. The fourth-order valence-electron chi connectivity index (χ4n) is 2.73. The summed E-state index contributed by atoms with van der Waals surface area (Å²) in [6.45, 7) is 0.0964. The van der Waals surface area contributed by atoms with Crippen LogP contribution in [0.1, 0.15) is 27.7 Å². The quantitative estimate of drug-likeness (QED) is 0.762. The lowest BCUT2D eigenvalue weighted by Crippen LogP contribution is -2.29. The van der Waals surface area contributed by atoms with Gasteiger partial charge in [0, 0.05) is 5.56 Å². The summed E-state index contributed by atoms with van der Waals surface area (Å²) in [4.78, 5) is 12.8. The molecule has 0 saturated carbocycles. The SMILES string of the molecule is O=C(NC(c1ccccc1)c1ccco1)c1cc(Cl)c2c(c1)OCO2. The van der Waals surface area contributed by atoms with Crippen molar-refractivity contribution < 1.29 is 18.7 Å². The van der Waals surface area contributed by atoms with Gasteiger partial charge >= 0.3 is 0 Å². The third kappa shape index (κ3) is 3.06. The molecule has 1 aromatic heterocycles. The smallest absolute Gasteiger partial charge is 0.252 e. The lowest BCUT2D eigenvalue weighted by Gasteiger charge is -2.17. The molecule has 1 N–H and O–H groups in total. The summed E-state index contributed by atoms with van der Waals surface area (Å²) >= 11 is 6.17. The monoisotopic (exact) mass is 355 g/mol. The number of hydrogen-bond acceptors (Lipinski definition) is 4. The summed E-state index contributed by atoms with van der Waals surface area (Å²) in [5.74, 6) is 1.28. The third-order valence-corrected chi connectivity index (χ3v) is 4.21. The molecule has 1 unspecified atom stereocenters. The van der Waals surface area contributed by atoms with Crippen LogP contribution in [-0.2, 0) is 0 Å². The highest BCUT2D eigenvalue weighted by atomic mass is 35.5. The highest BCUT2D eigenvalue weighted by Crippen LogP contribution is 2.40. The number of fused-ring (bicyclic) bond motifs is 1. The van der Waals surface area contributed by atoms with E-state index in [-0.39, 0.29) is 12.7 Å². The number of nitrogens with one attached hydrogen (secondary N) is 1. The Morgan fingerprint density at radius 1 is 1.08 bits per heavy atom. The number of furan rings is 1. The van der Waals surface area contributed by atoms with E-state index in [0.29, 0.717) is 27.8 Å². The molecule has 0 aliphatic carbocycles. The zero-order chi connectivity index (χ0) is 17.2. The number of rotatable bonds is 4. The maximum atomic E-state index is 12.8. The van der Waals surface area contributed by atoms with E-state index in [1.54, 1.807) is 24.5 Å². The van der Waals surface area contributed by atoms with Crippen molar-refractivity contribution in [2.24, 2.45) is 0 Å². The molecule has 0 fully saturated rings. The molecule has 25 heavy (non-hydrogen) atoms. The van der Waals surface area contributed by atoms with Gasteiger partial charge in [-0.15, -0.1) is 0 Å². The first-order valence-corrected chi connectivity index (χ1v) is 8.08. The first-order valence-electron chi connectivity index (χ1n) is 7.71. The van der Waals surface area contributed by atoms with E-state index >= 15 is 0 Å². The number of carbonyl (C=O) groups excluding carboxylic acids is 1. The van der Waals surface area contributed by atoms with E-state index in [2.05, 4.69) is 5.32 Å². The van der Waals surface area contributed by atoms with E-state index in [0.717, 1.165) is 5.56 Å². The Morgan fingerprint density at radius 3 is 2.68 bits per heavy atom. The summed E-state index contributed by atoms with van der Waals surface area (Å²) in [7, 11) is 0. The van der Waals surface area contributed by atoms with Crippen molar-refractivity contribution in [3.8, 4) is 11.5 Å². The van der Waals surface area contributed by atoms with Crippen LogP contribution in [0.4, 0.5) is 0 Å². The first-order chi connectivity index (χ1) is 12.2. The molecule has 6 heteroatoms.